The van der Waals surface area contributed by atoms with E-state index in [0.29, 0.717) is 32.0 Å². The zero-order valence-corrected chi connectivity index (χ0v) is 16.8. The molecule has 3 heterocycles. The Bertz CT molecular complexity index is 535. The molecule has 0 radical (unpaired) electrons. The fraction of sp³-hybridized carbons (Fsp3) is 0.857. The van der Waals surface area contributed by atoms with Crippen molar-refractivity contribution in [3.8, 4) is 0 Å². The molecule has 1 atom stereocenters. The summed E-state index contributed by atoms with van der Waals surface area (Å²) in [4.78, 5) is 43.8. The van der Waals surface area contributed by atoms with Crippen LogP contribution in [0.5, 0.6) is 0 Å². The highest BCUT2D eigenvalue weighted by atomic mass is 16.2. The SMILES string of the molecule is CCC(=O)N1CCCCC1C(=O)N1CCC(C(=O)N2CCCCCC2)CC1. The van der Waals surface area contributed by atoms with Gasteiger partial charge in [-0.25, -0.2) is 0 Å². The van der Waals surface area contributed by atoms with Crippen molar-refractivity contribution in [3.63, 3.8) is 0 Å². The van der Waals surface area contributed by atoms with E-state index in [1.54, 1.807) is 4.90 Å². The molecule has 6 nitrogen and oxygen atoms in total. The highest BCUT2D eigenvalue weighted by molar-refractivity contribution is 5.88. The molecule has 0 aromatic heterocycles. The van der Waals surface area contributed by atoms with Crippen LogP contribution < -0.4 is 0 Å². The quantitative estimate of drug-likeness (QED) is 0.759. The lowest BCUT2D eigenvalue weighted by Gasteiger charge is -2.40. The molecule has 0 N–H and O–H groups in total. The molecule has 0 aromatic rings. The number of carbonyl (C=O) groups is 3. The summed E-state index contributed by atoms with van der Waals surface area (Å²) in [6.45, 7) is 5.65. The maximum absolute atomic E-state index is 13.0. The molecule has 27 heavy (non-hydrogen) atoms. The topological polar surface area (TPSA) is 60.9 Å². The number of piperidine rings is 2. The third kappa shape index (κ3) is 4.82. The van der Waals surface area contributed by atoms with E-state index >= 15 is 0 Å². The number of rotatable bonds is 3. The number of carbonyl (C=O) groups excluding carboxylic acids is 3. The molecule has 0 aliphatic carbocycles. The minimum absolute atomic E-state index is 0.0619. The van der Waals surface area contributed by atoms with Crippen LogP contribution in [-0.2, 0) is 14.4 Å². The van der Waals surface area contributed by atoms with E-state index in [4.69, 9.17) is 0 Å². The molecule has 3 aliphatic heterocycles. The van der Waals surface area contributed by atoms with Gasteiger partial charge in [-0.3, -0.25) is 14.4 Å². The molecule has 3 rings (SSSR count). The van der Waals surface area contributed by atoms with Crippen molar-refractivity contribution in [1.82, 2.24) is 14.7 Å². The molecular weight excluding hydrogens is 342 g/mol. The van der Waals surface area contributed by atoms with Gasteiger partial charge in [-0.1, -0.05) is 19.8 Å². The van der Waals surface area contributed by atoms with Crippen LogP contribution in [0.4, 0.5) is 0 Å². The summed E-state index contributed by atoms with van der Waals surface area (Å²) in [7, 11) is 0. The molecule has 1 unspecified atom stereocenters. The van der Waals surface area contributed by atoms with Crippen LogP contribution in [0.25, 0.3) is 0 Å². The maximum atomic E-state index is 13.0. The summed E-state index contributed by atoms with van der Waals surface area (Å²) in [5.41, 5.74) is 0. The Hall–Kier alpha value is -1.59. The van der Waals surface area contributed by atoms with Gasteiger partial charge in [0.05, 0.1) is 0 Å². The molecule has 3 amide bonds. The third-order valence-electron chi connectivity index (χ3n) is 6.48. The van der Waals surface area contributed by atoms with Crippen molar-refractivity contribution in [1.29, 1.82) is 0 Å². The van der Waals surface area contributed by atoms with Gasteiger partial charge in [0.1, 0.15) is 6.04 Å². The number of hydrogen-bond acceptors (Lipinski definition) is 3. The van der Waals surface area contributed by atoms with Crippen LogP contribution >= 0.6 is 0 Å². The fourth-order valence-corrected chi connectivity index (χ4v) is 4.80. The number of nitrogens with zero attached hydrogens (tertiary/aromatic N) is 3. The van der Waals surface area contributed by atoms with Crippen molar-refractivity contribution in [3.05, 3.63) is 0 Å². The maximum Gasteiger partial charge on any atom is 0.245 e. The molecule has 6 heteroatoms. The van der Waals surface area contributed by atoms with Crippen LogP contribution in [0.1, 0.15) is 71.1 Å². The second-order valence-corrected chi connectivity index (χ2v) is 8.29. The number of likely N-dealkylation sites (tertiary alicyclic amines) is 3. The monoisotopic (exact) mass is 377 g/mol. The lowest BCUT2D eigenvalue weighted by Crippen LogP contribution is -2.55. The fourth-order valence-electron chi connectivity index (χ4n) is 4.80. The van der Waals surface area contributed by atoms with E-state index < -0.39 is 0 Å². The minimum atomic E-state index is -0.288. The Morgan fingerprint density at radius 1 is 0.704 bits per heavy atom. The summed E-state index contributed by atoms with van der Waals surface area (Å²) in [5, 5.41) is 0. The Morgan fingerprint density at radius 2 is 1.30 bits per heavy atom. The zero-order valence-electron chi connectivity index (χ0n) is 16.8. The molecule has 3 saturated heterocycles. The Morgan fingerprint density at radius 3 is 1.93 bits per heavy atom. The predicted molar refractivity (Wildman–Crippen MR) is 104 cm³/mol. The van der Waals surface area contributed by atoms with Crippen LogP contribution in [0.2, 0.25) is 0 Å². The van der Waals surface area contributed by atoms with Gasteiger partial charge in [0.15, 0.2) is 0 Å². The molecule has 3 aliphatic rings. The van der Waals surface area contributed by atoms with E-state index in [-0.39, 0.29) is 23.8 Å². The largest absolute Gasteiger partial charge is 0.342 e. The normalized spacial score (nSPS) is 25.2. The molecule has 0 spiro atoms. The highest BCUT2D eigenvalue weighted by Crippen LogP contribution is 2.25. The average Bonchev–Trinajstić information content (AvgIpc) is 3.02. The standard InChI is InChI=1S/C21H35N3O3/c1-2-19(25)24-14-8-5-9-18(24)21(27)23-15-10-17(11-16-23)20(26)22-12-6-3-4-7-13-22/h17-18H,2-16H2,1H3. The van der Waals surface area contributed by atoms with Gasteiger partial charge in [-0.05, 0) is 44.9 Å². The second-order valence-electron chi connectivity index (χ2n) is 8.29. The van der Waals surface area contributed by atoms with Gasteiger partial charge in [0.25, 0.3) is 0 Å². The van der Waals surface area contributed by atoms with E-state index in [0.717, 1.165) is 58.0 Å². The van der Waals surface area contributed by atoms with E-state index in [1.165, 1.54) is 12.8 Å². The van der Waals surface area contributed by atoms with Gasteiger partial charge in [-0.15, -0.1) is 0 Å². The first-order valence-corrected chi connectivity index (χ1v) is 11.0. The van der Waals surface area contributed by atoms with Crippen molar-refractivity contribution < 1.29 is 14.4 Å². The first-order chi connectivity index (χ1) is 13.1. The zero-order chi connectivity index (χ0) is 19.2. The second kappa shape index (κ2) is 9.56. The smallest absolute Gasteiger partial charge is 0.245 e. The van der Waals surface area contributed by atoms with E-state index in [1.807, 2.05) is 11.8 Å². The van der Waals surface area contributed by atoms with Crippen LogP contribution in [0, 0.1) is 5.92 Å². The molecule has 3 fully saturated rings. The van der Waals surface area contributed by atoms with Gasteiger partial charge >= 0.3 is 0 Å². The molecular formula is C21H35N3O3. The first kappa shape index (κ1) is 20.2. The Kier molecular flexibility index (Phi) is 7.13. The van der Waals surface area contributed by atoms with Gasteiger partial charge < -0.3 is 14.7 Å². The van der Waals surface area contributed by atoms with Gasteiger partial charge in [0.2, 0.25) is 17.7 Å². The highest BCUT2D eigenvalue weighted by Gasteiger charge is 2.37. The van der Waals surface area contributed by atoms with Crippen LogP contribution in [-0.4, -0.2) is 71.2 Å². The summed E-state index contributed by atoms with van der Waals surface area (Å²) in [6, 6.07) is -0.288. The Balaban J connectivity index is 1.54. The summed E-state index contributed by atoms with van der Waals surface area (Å²) >= 11 is 0. The van der Waals surface area contributed by atoms with E-state index in [2.05, 4.69) is 4.90 Å². The van der Waals surface area contributed by atoms with Crippen molar-refractivity contribution in [2.45, 2.75) is 77.2 Å². The molecule has 0 aromatic carbocycles. The Labute approximate surface area is 163 Å². The summed E-state index contributed by atoms with van der Waals surface area (Å²) < 4.78 is 0. The lowest BCUT2D eigenvalue weighted by atomic mass is 9.93. The summed E-state index contributed by atoms with van der Waals surface area (Å²) in [6.07, 6.45) is 9.43. The first-order valence-electron chi connectivity index (χ1n) is 11.0. The van der Waals surface area contributed by atoms with Gasteiger partial charge in [-0.2, -0.15) is 0 Å². The molecule has 0 bridgehead atoms. The van der Waals surface area contributed by atoms with Gasteiger partial charge in [0, 0.05) is 45.1 Å². The molecule has 152 valence electrons. The van der Waals surface area contributed by atoms with Crippen LogP contribution in [0.3, 0.4) is 0 Å². The van der Waals surface area contributed by atoms with Crippen LogP contribution in [0.15, 0.2) is 0 Å². The summed E-state index contributed by atoms with van der Waals surface area (Å²) in [5.74, 6) is 0.535. The minimum Gasteiger partial charge on any atom is -0.342 e. The molecule has 0 saturated carbocycles. The van der Waals surface area contributed by atoms with E-state index in [9.17, 15) is 14.4 Å². The lowest BCUT2D eigenvalue weighted by molar-refractivity contribution is -0.149. The van der Waals surface area contributed by atoms with Crippen molar-refractivity contribution in [2.24, 2.45) is 5.92 Å². The van der Waals surface area contributed by atoms with Crippen molar-refractivity contribution >= 4 is 17.7 Å². The third-order valence-corrected chi connectivity index (χ3v) is 6.48. The van der Waals surface area contributed by atoms with Crippen molar-refractivity contribution in [2.75, 3.05) is 32.7 Å². The number of amides is 3. The number of hydrogen-bond donors (Lipinski definition) is 0. The predicted octanol–water partition coefficient (Wildman–Crippen LogP) is 2.42. The average molecular weight is 378 g/mol.